The first kappa shape index (κ1) is 14.1. The van der Waals surface area contributed by atoms with Gasteiger partial charge in [-0.2, -0.15) is 0 Å². The molecule has 0 bridgehead atoms. The normalized spacial score (nSPS) is 10.1. The van der Waals surface area contributed by atoms with Gasteiger partial charge in [-0.05, 0) is 35.7 Å². The number of carbonyl (C=O) groups excluding carboxylic acids is 1. The molecule has 0 aliphatic rings. The second-order valence-corrected chi connectivity index (χ2v) is 4.73. The Morgan fingerprint density at radius 1 is 1.10 bits per heavy atom. The molecule has 1 amide bonds. The Hall–Kier alpha value is -2.29. The fraction of sp³-hybridized carbons (Fsp3) is 0.235. The van der Waals surface area contributed by atoms with E-state index < -0.39 is 0 Å². The molecule has 0 saturated heterocycles. The van der Waals surface area contributed by atoms with E-state index in [0.717, 1.165) is 22.4 Å². The third-order valence-corrected chi connectivity index (χ3v) is 3.26. The maximum absolute atomic E-state index is 11.9. The molecule has 0 saturated carbocycles. The minimum Gasteiger partial charge on any atom is -0.497 e. The maximum atomic E-state index is 11.9. The van der Waals surface area contributed by atoms with Crippen molar-refractivity contribution in [3.8, 4) is 5.75 Å². The van der Waals surface area contributed by atoms with E-state index in [1.807, 2.05) is 55.5 Å². The van der Waals surface area contributed by atoms with Gasteiger partial charge in [-0.15, -0.1) is 0 Å². The highest BCUT2D eigenvalue weighted by Crippen LogP contribution is 2.11. The first-order valence-corrected chi connectivity index (χ1v) is 6.63. The van der Waals surface area contributed by atoms with Crippen LogP contribution in [0.3, 0.4) is 0 Å². The number of hydrogen-bond donors (Lipinski definition) is 1. The van der Waals surface area contributed by atoms with Crippen LogP contribution in [0, 0.1) is 6.92 Å². The molecule has 0 atom stereocenters. The van der Waals surface area contributed by atoms with Crippen LogP contribution in [0.25, 0.3) is 0 Å². The van der Waals surface area contributed by atoms with Crippen LogP contribution in [0.4, 0.5) is 0 Å². The summed E-state index contributed by atoms with van der Waals surface area (Å²) < 4.78 is 5.10. The van der Waals surface area contributed by atoms with Crippen molar-refractivity contribution >= 4 is 5.91 Å². The lowest BCUT2D eigenvalue weighted by atomic mass is 10.1. The summed E-state index contributed by atoms with van der Waals surface area (Å²) in [7, 11) is 1.64. The van der Waals surface area contributed by atoms with E-state index in [-0.39, 0.29) is 5.91 Å². The summed E-state index contributed by atoms with van der Waals surface area (Å²) in [5, 5.41) is 2.93. The van der Waals surface area contributed by atoms with Crippen molar-refractivity contribution in [3.63, 3.8) is 0 Å². The molecule has 0 aliphatic heterocycles. The van der Waals surface area contributed by atoms with Crippen LogP contribution in [0.5, 0.6) is 5.75 Å². The van der Waals surface area contributed by atoms with Gasteiger partial charge in [-0.3, -0.25) is 4.79 Å². The Kier molecular flexibility index (Phi) is 4.77. The molecule has 0 heterocycles. The van der Waals surface area contributed by atoms with Crippen LogP contribution in [-0.2, 0) is 17.8 Å². The molecule has 1 N–H and O–H groups in total. The minimum atomic E-state index is 0.0371. The summed E-state index contributed by atoms with van der Waals surface area (Å²) in [6.07, 6.45) is 0.419. The Balaban J connectivity index is 1.87. The van der Waals surface area contributed by atoms with E-state index in [4.69, 9.17) is 4.74 Å². The molecule has 2 aromatic rings. The Bertz CT molecular complexity index is 576. The number of methoxy groups -OCH3 is 1. The van der Waals surface area contributed by atoms with E-state index in [1.54, 1.807) is 7.11 Å². The molecule has 0 aromatic heterocycles. The number of nitrogens with one attached hydrogen (secondary N) is 1. The second-order valence-electron chi connectivity index (χ2n) is 4.73. The molecule has 20 heavy (non-hydrogen) atoms. The Labute approximate surface area is 119 Å². The molecule has 0 radical (unpaired) electrons. The summed E-state index contributed by atoms with van der Waals surface area (Å²) in [6, 6.07) is 15.6. The molecule has 0 fully saturated rings. The quantitative estimate of drug-likeness (QED) is 0.906. The standard InChI is InChI=1S/C17H19NO2/c1-13-5-3-4-6-15(13)11-17(19)18-12-14-7-9-16(20-2)10-8-14/h3-10H,11-12H2,1-2H3,(H,18,19). The van der Waals surface area contributed by atoms with Gasteiger partial charge >= 0.3 is 0 Å². The van der Waals surface area contributed by atoms with E-state index in [0.29, 0.717) is 13.0 Å². The first-order valence-electron chi connectivity index (χ1n) is 6.63. The number of carbonyl (C=O) groups is 1. The van der Waals surface area contributed by atoms with Crippen LogP contribution in [-0.4, -0.2) is 13.0 Å². The zero-order valence-corrected chi connectivity index (χ0v) is 11.8. The number of rotatable bonds is 5. The number of aryl methyl sites for hydroxylation is 1. The number of amides is 1. The Morgan fingerprint density at radius 2 is 1.80 bits per heavy atom. The fourth-order valence-corrected chi connectivity index (χ4v) is 1.99. The van der Waals surface area contributed by atoms with Gasteiger partial charge in [-0.1, -0.05) is 36.4 Å². The van der Waals surface area contributed by atoms with Gasteiger partial charge in [0.1, 0.15) is 5.75 Å². The molecule has 2 aromatic carbocycles. The van der Waals surface area contributed by atoms with Gasteiger partial charge in [-0.25, -0.2) is 0 Å². The monoisotopic (exact) mass is 269 g/mol. The van der Waals surface area contributed by atoms with Crippen molar-refractivity contribution in [2.45, 2.75) is 19.9 Å². The molecule has 0 aliphatic carbocycles. The van der Waals surface area contributed by atoms with Crippen molar-refractivity contribution < 1.29 is 9.53 Å². The second kappa shape index (κ2) is 6.75. The van der Waals surface area contributed by atoms with Gasteiger partial charge in [0.25, 0.3) is 0 Å². The number of benzene rings is 2. The summed E-state index contributed by atoms with van der Waals surface area (Å²) in [5.74, 6) is 0.857. The summed E-state index contributed by atoms with van der Waals surface area (Å²) >= 11 is 0. The zero-order valence-electron chi connectivity index (χ0n) is 11.8. The predicted octanol–water partition coefficient (Wildman–Crippen LogP) is 2.86. The minimum absolute atomic E-state index is 0.0371. The molecule has 0 unspecified atom stereocenters. The van der Waals surface area contributed by atoms with E-state index in [1.165, 1.54) is 0 Å². The molecule has 3 heteroatoms. The average molecular weight is 269 g/mol. The van der Waals surface area contributed by atoms with E-state index in [2.05, 4.69) is 5.32 Å². The molecule has 3 nitrogen and oxygen atoms in total. The molecule has 0 spiro atoms. The molecular weight excluding hydrogens is 250 g/mol. The lowest BCUT2D eigenvalue weighted by Crippen LogP contribution is -2.24. The fourth-order valence-electron chi connectivity index (χ4n) is 1.99. The van der Waals surface area contributed by atoms with Crippen molar-refractivity contribution in [2.75, 3.05) is 7.11 Å². The largest absolute Gasteiger partial charge is 0.497 e. The predicted molar refractivity (Wildman–Crippen MR) is 79.7 cm³/mol. The average Bonchev–Trinajstić information content (AvgIpc) is 2.48. The number of ether oxygens (including phenoxy) is 1. The van der Waals surface area contributed by atoms with Crippen molar-refractivity contribution in [3.05, 3.63) is 65.2 Å². The molecule has 104 valence electrons. The summed E-state index contributed by atoms with van der Waals surface area (Å²) in [4.78, 5) is 11.9. The smallest absolute Gasteiger partial charge is 0.224 e. The lowest BCUT2D eigenvalue weighted by Gasteiger charge is -2.08. The summed E-state index contributed by atoms with van der Waals surface area (Å²) in [5.41, 5.74) is 3.27. The topological polar surface area (TPSA) is 38.3 Å². The third kappa shape index (κ3) is 3.85. The zero-order chi connectivity index (χ0) is 14.4. The van der Waals surface area contributed by atoms with Crippen molar-refractivity contribution in [1.29, 1.82) is 0 Å². The highest BCUT2D eigenvalue weighted by molar-refractivity contribution is 5.78. The Morgan fingerprint density at radius 3 is 2.45 bits per heavy atom. The van der Waals surface area contributed by atoms with E-state index in [9.17, 15) is 4.79 Å². The highest BCUT2D eigenvalue weighted by atomic mass is 16.5. The van der Waals surface area contributed by atoms with Crippen LogP contribution < -0.4 is 10.1 Å². The van der Waals surface area contributed by atoms with Gasteiger partial charge in [0, 0.05) is 6.54 Å². The van der Waals surface area contributed by atoms with Gasteiger partial charge in [0.15, 0.2) is 0 Å². The van der Waals surface area contributed by atoms with Gasteiger partial charge in [0.05, 0.1) is 13.5 Å². The van der Waals surface area contributed by atoms with Crippen LogP contribution >= 0.6 is 0 Å². The first-order chi connectivity index (χ1) is 9.69. The maximum Gasteiger partial charge on any atom is 0.224 e. The van der Waals surface area contributed by atoms with Crippen molar-refractivity contribution in [2.24, 2.45) is 0 Å². The van der Waals surface area contributed by atoms with Gasteiger partial charge in [0.2, 0.25) is 5.91 Å². The SMILES string of the molecule is COc1ccc(CNC(=O)Cc2ccccc2C)cc1. The highest BCUT2D eigenvalue weighted by Gasteiger charge is 2.05. The molecule has 2 rings (SSSR count). The third-order valence-electron chi connectivity index (χ3n) is 3.26. The molecular formula is C17H19NO2. The number of hydrogen-bond acceptors (Lipinski definition) is 2. The van der Waals surface area contributed by atoms with E-state index >= 15 is 0 Å². The summed E-state index contributed by atoms with van der Waals surface area (Å²) in [6.45, 7) is 2.56. The van der Waals surface area contributed by atoms with Crippen LogP contribution in [0.1, 0.15) is 16.7 Å². The van der Waals surface area contributed by atoms with Crippen LogP contribution in [0.15, 0.2) is 48.5 Å². The van der Waals surface area contributed by atoms with Gasteiger partial charge < -0.3 is 10.1 Å². The van der Waals surface area contributed by atoms with Crippen molar-refractivity contribution in [1.82, 2.24) is 5.32 Å². The lowest BCUT2D eigenvalue weighted by molar-refractivity contribution is -0.120. The van der Waals surface area contributed by atoms with Crippen LogP contribution in [0.2, 0.25) is 0 Å².